The zero-order valence-corrected chi connectivity index (χ0v) is 10.9. The van der Waals surface area contributed by atoms with Gasteiger partial charge in [0.25, 0.3) is 5.91 Å². The molecule has 1 heterocycles. The quantitative estimate of drug-likeness (QED) is 0.843. The second-order valence-corrected chi connectivity index (χ2v) is 4.64. The summed E-state index contributed by atoms with van der Waals surface area (Å²) in [7, 11) is 0. The lowest BCUT2D eigenvalue weighted by Gasteiger charge is -2.17. The lowest BCUT2D eigenvalue weighted by molar-refractivity contribution is -0.137. The van der Waals surface area contributed by atoms with E-state index in [-0.39, 0.29) is 18.4 Å². The molecule has 0 saturated carbocycles. The number of aliphatic carboxylic acids is 1. The van der Waals surface area contributed by atoms with Gasteiger partial charge in [-0.05, 0) is 19.1 Å². The van der Waals surface area contributed by atoms with E-state index in [1.807, 2.05) is 0 Å². The highest BCUT2D eigenvalue weighted by atomic mass is 32.1. The van der Waals surface area contributed by atoms with Crippen molar-refractivity contribution < 1.29 is 19.5 Å². The first-order valence-electron chi connectivity index (χ1n) is 5.32. The van der Waals surface area contributed by atoms with Crippen molar-refractivity contribution in [1.29, 1.82) is 0 Å². The number of amides is 2. The predicted octanol–water partition coefficient (Wildman–Crippen LogP) is 1.25. The van der Waals surface area contributed by atoms with Crippen LogP contribution >= 0.6 is 11.3 Å². The van der Waals surface area contributed by atoms with Gasteiger partial charge in [0, 0.05) is 13.5 Å². The van der Waals surface area contributed by atoms with E-state index in [1.54, 1.807) is 19.1 Å². The van der Waals surface area contributed by atoms with Gasteiger partial charge in [0.2, 0.25) is 5.91 Å². The molecule has 0 spiro atoms. The number of nitrogens with zero attached hydrogens (tertiary/aromatic N) is 1. The van der Waals surface area contributed by atoms with Crippen LogP contribution in [0.2, 0.25) is 0 Å². The molecule has 1 aromatic heterocycles. The fourth-order valence-electron chi connectivity index (χ4n) is 1.34. The van der Waals surface area contributed by atoms with Gasteiger partial charge in [0.05, 0.1) is 9.88 Å². The summed E-state index contributed by atoms with van der Waals surface area (Å²) in [6.07, 6.45) is 0. The highest BCUT2D eigenvalue weighted by Gasteiger charge is 2.18. The summed E-state index contributed by atoms with van der Waals surface area (Å²) in [5, 5.41) is 11.8. The van der Waals surface area contributed by atoms with Crippen LogP contribution in [0.15, 0.2) is 12.1 Å². The van der Waals surface area contributed by atoms with E-state index >= 15 is 0 Å². The Kier molecular flexibility index (Phi) is 4.85. The average Bonchev–Trinajstić information content (AvgIpc) is 2.72. The molecule has 0 radical (unpaired) electrons. The Balaban J connectivity index is 2.79. The van der Waals surface area contributed by atoms with Gasteiger partial charge in [-0.1, -0.05) is 0 Å². The molecule has 0 atom stereocenters. The van der Waals surface area contributed by atoms with Crippen LogP contribution in [0.4, 0.5) is 5.00 Å². The van der Waals surface area contributed by atoms with Crippen LogP contribution in [-0.2, 0) is 9.59 Å². The number of hydrogen-bond donors (Lipinski definition) is 2. The highest BCUT2D eigenvalue weighted by Crippen LogP contribution is 2.23. The van der Waals surface area contributed by atoms with E-state index in [9.17, 15) is 14.4 Å². The summed E-state index contributed by atoms with van der Waals surface area (Å²) in [5.74, 6) is -1.61. The predicted molar refractivity (Wildman–Crippen MR) is 67.8 cm³/mol. The van der Waals surface area contributed by atoms with E-state index in [0.717, 1.165) is 11.3 Å². The zero-order valence-electron chi connectivity index (χ0n) is 10.1. The van der Waals surface area contributed by atoms with Crippen molar-refractivity contribution in [2.45, 2.75) is 13.8 Å². The fraction of sp³-hybridized carbons (Fsp3) is 0.364. The van der Waals surface area contributed by atoms with Gasteiger partial charge in [-0.25, -0.2) is 0 Å². The summed E-state index contributed by atoms with van der Waals surface area (Å²) in [5.41, 5.74) is 0. The maximum absolute atomic E-state index is 12.0. The van der Waals surface area contributed by atoms with E-state index < -0.39 is 5.97 Å². The van der Waals surface area contributed by atoms with Crippen LogP contribution < -0.4 is 5.32 Å². The topological polar surface area (TPSA) is 86.7 Å². The molecule has 0 aromatic carbocycles. The molecule has 98 valence electrons. The molecule has 2 N–H and O–H groups in total. The van der Waals surface area contributed by atoms with Crippen LogP contribution in [0, 0.1) is 0 Å². The minimum atomic E-state index is -1.05. The van der Waals surface area contributed by atoms with E-state index in [0.29, 0.717) is 16.4 Å². The first-order chi connectivity index (χ1) is 8.43. The Bertz CT molecular complexity index is 469. The zero-order chi connectivity index (χ0) is 13.7. The monoisotopic (exact) mass is 270 g/mol. The number of hydrogen-bond acceptors (Lipinski definition) is 4. The molecule has 18 heavy (non-hydrogen) atoms. The van der Waals surface area contributed by atoms with Gasteiger partial charge in [0.15, 0.2) is 0 Å². The third-order valence-corrected chi connectivity index (χ3v) is 3.10. The summed E-state index contributed by atoms with van der Waals surface area (Å²) < 4.78 is 0. The molecule has 6 nitrogen and oxygen atoms in total. The number of carbonyl (C=O) groups is 3. The minimum absolute atomic E-state index is 0.214. The molecule has 2 amide bonds. The van der Waals surface area contributed by atoms with Crippen molar-refractivity contribution in [3.05, 3.63) is 17.0 Å². The second-order valence-electron chi connectivity index (χ2n) is 3.56. The third-order valence-electron chi connectivity index (χ3n) is 2.11. The van der Waals surface area contributed by atoms with E-state index in [1.165, 1.54) is 11.8 Å². The second kappa shape index (κ2) is 6.15. The lowest BCUT2D eigenvalue weighted by atomic mass is 10.3. The molecule has 0 aliphatic carbocycles. The molecule has 1 rings (SSSR count). The van der Waals surface area contributed by atoms with Crippen LogP contribution in [0.3, 0.4) is 0 Å². The molecule has 7 heteroatoms. The van der Waals surface area contributed by atoms with Gasteiger partial charge >= 0.3 is 5.97 Å². The summed E-state index contributed by atoms with van der Waals surface area (Å²) >= 11 is 1.12. The Labute approximate surface area is 108 Å². The molecule has 0 fully saturated rings. The number of anilines is 1. The van der Waals surface area contributed by atoms with Crippen LogP contribution in [0.5, 0.6) is 0 Å². The molecule has 0 saturated heterocycles. The number of carboxylic acid groups (broad SMARTS) is 1. The van der Waals surface area contributed by atoms with Crippen molar-refractivity contribution in [1.82, 2.24) is 4.90 Å². The highest BCUT2D eigenvalue weighted by molar-refractivity contribution is 7.18. The van der Waals surface area contributed by atoms with Gasteiger partial charge in [-0.2, -0.15) is 0 Å². The third kappa shape index (κ3) is 3.85. The molecule has 0 bridgehead atoms. The minimum Gasteiger partial charge on any atom is -0.480 e. The van der Waals surface area contributed by atoms with Crippen LogP contribution in [-0.4, -0.2) is 40.9 Å². The summed E-state index contributed by atoms with van der Waals surface area (Å²) in [6, 6.07) is 3.19. The Hall–Kier alpha value is -1.89. The SMILES string of the molecule is CCN(CC(=O)O)C(=O)c1ccc(NC(C)=O)s1. The van der Waals surface area contributed by atoms with Gasteiger partial charge in [-0.15, -0.1) is 11.3 Å². The standard InChI is InChI=1S/C11H14N2O4S/c1-3-13(6-10(15)16)11(17)8-4-5-9(18-8)12-7(2)14/h4-5H,3,6H2,1-2H3,(H,12,14)(H,15,16). The van der Waals surface area contributed by atoms with Crippen LogP contribution in [0.25, 0.3) is 0 Å². The van der Waals surface area contributed by atoms with Gasteiger partial charge in [-0.3, -0.25) is 14.4 Å². The van der Waals surface area contributed by atoms with Crippen molar-refractivity contribution in [3.8, 4) is 0 Å². The van der Waals surface area contributed by atoms with E-state index in [2.05, 4.69) is 5.32 Å². The molecular formula is C11H14N2O4S. The summed E-state index contributed by atoms with van der Waals surface area (Å²) in [6.45, 7) is 3.08. The van der Waals surface area contributed by atoms with Crippen molar-refractivity contribution in [3.63, 3.8) is 0 Å². The average molecular weight is 270 g/mol. The Morgan fingerprint density at radius 2 is 2.06 bits per heavy atom. The summed E-state index contributed by atoms with van der Waals surface area (Å²) in [4.78, 5) is 35.1. The maximum atomic E-state index is 12.0. The number of carboxylic acids is 1. The van der Waals surface area contributed by atoms with Crippen LogP contribution in [0.1, 0.15) is 23.5 Å². The fourth-order valence-corrected chi connectivity index (χ4v) is 2.26. The molecule has 0 unspecified atom stereocenters. The van der Waals surface area contributed by atoms with Crippen molar-refractivity contribution in [2.75, 3.05) is 18.4 Å². The van der Waals surface area contributed by atoms with Gasteiger partial charge < -0.3 is 15.3 Å². The van der Waals surface area contributed by atoms with Crippen molar-refractivity contribution in [2.24, 2.45) is 0 Å². The number of likely N-dealkylation sites (N-methyl/N-ethyl adjacent to an activating group) is 1. The van der Waals surface area contributed by atoms with Crippen molar-refractivity contribution >= 4 is 34.1 Å². The number of rotatable bonds is 5. The Morgan fingerprint density at radius 1 is 1.39 bits per heavy atom. The number of thiophene rings is 1. The molecule has 0 aliphatic heterocycles. The van der Waals surface area contributed by atoms with E-state index in [4.69, 9.17) is 5.11 Å². The maximum Gasteiger partial charge on any atom is 0.323 e. The van der Waals surface area contributed by atoms with Gasteiger partial charge in [0.1, 0.15) is 6.54 Å². The number of carbonyl (C=O) groups excluding carboxylic acids is 2. The first kappa shape index (κ1) is 14.2. The molecular weight excluding hydrogens is 256 g/mol. The molecule has 1 aromatic rings. The lowest BCUT2D eigenvalue weighted by Crippen LogP contribution is -2.34. The smallest absolute Gasteiger partial charge is 0.323 e. The largest absolute Gasteiger partial charge is 0.480 e. The Morgan fingerprint density at radius 3 is 2.56 bits per heavy atom. The molecule has 0 aliphatic rings. The normalized spacial score (nSPS) is 9.89. The number of nitrogens with one attached hydrogen (secondary N) is 1. The first-order valence-corrected chi connectivity index (χ1v) is 6.14.